The molecule has 1 N–H and O–H groups in total. The van der Waals surface area contributed by atoms with Gasteiger partial charge in [-0.1, -0.05) is 42.6 Å². The Morgan fingerprint density at radius 3 is 2.14 bits per heavy atom. The first kappa shape index (κ1) is 22.2. The molecule has 0 radical (unpaired) electrons. The Hall–Kier alpha value is -2.11. The van der Waals surface area contributed by atoms with Gasteiger partial charge in [0.25, 0.3) is 0 Å². The van der Waals surface area contributed by atoms with Crippen LogP contribution in [0.2, 0.25) is 10.0 Å². The molecule has 0 aliphatic heterocycles. The maximum atomic E-state index is 12.7. The number of hydrogen-bond acceptors (Lipinski definition) is 4. The molecule has 0 saturated carbocycles. The molecule has 0 bridgehead atoms. The van der Waals surface area contributed by atoms with Crippen LogP contribution in [0.3, 0.4) is 0 Å². The van der Waals surface area contributed by atoms with E-state index in [-0.39, 0.29) is 18.4 Å². The fourth-order valence-corrected chi connectivity index (χ4v) is 3.31. The molecule has 0 saturated heterocycles. The first-order chi connectivity index (χ1) is 13.4. The second kappa shape index (κ2) is 10.4. The van der Waals surface area contributed by atoms with Gasteiger partial charge in [0.2, 0.25) is 11.7 Å². The number of rotatable bonds is 9. The Bertz CT molecular complexity index is 801. The maximum absolute atomic E-state index is 12.7. The average Bonchev–Trinajstić information content (AvgIpc) is 2.68. The van der Waals surface area contributed by atoms with E-state index in [0.717, 1.165) is 24.0 Å². The molecule has 2 rings (SSSR count). The van der Waals surface area contributed by atoms with Crippen LogP contribution in [0.1, 0.15) is 36.9 Å². The van der Waals surface area contributed by atoms with Gasteiger partial charge in [-0.05, 0) is 41.8 Å². The third-order valence-electron chi connectivity index (χ3n) is 4.35. The van der Waals surface area contributed by atoms with Crippen LogP contribution in [-0.4, -0.2) is 27.2 Å². The number of amides is 1. The zero-order chi connectivity index (χ0) is 20.7. The van der Waals surface area contributed by atoms with E-state index < -0.39 is 0 Å². The molecule has 2 aromatic carbocycles. The summed E-state index contributed by atoms with van der Waals surface area (Å²) >= 11 is 12.1. The fraction of sp³-hybridized carbons (Fsp3) is 0.381. The predicted molar refractivity (Wildman–Crippen MR) is 112 cm³/mol. The van der Waals surface area contributed by atoms with Gasteiger partial charge in [-0.15, -0.1) is 0 Å². The molecule has 1 amide bonds. The SMILES string of the molecule is CCCC(NC(=O)Cc1cc(OC)c(OC)c(OC)c1)c1ccc(Cl)c(Cl)c1. The Kier molecular flexibility index (Phi) is 8.27. The Labute approximate surface area is 175 Å². The van der Waals surface area contributed by atoms with Crippen molar-refractivity contribution < 1.29 is 19.0 Å². The van der Waals surface area contributed by atoms with Gasteiger partial charge in [-0.25, -0.2) is 0 Å². The van der Waals surface area contributed by atoms with Crippen LogP contribution >= 0.6 is 23.2 Å². The van der Waals surface area contributed by atoms with E-state index in [0.29, 0.717) is 27.3 Å². The summed E-state index contributed by atoms with van der Waals surface area (Å²) in [5.41, 5.74) is 1.69. The van der Waals surface area contributed by atoms with Gasteiger partial charge in [0.1, 0.15) is 0 Å². The highest BCUT2D eigenvalue weighted by molar-refractivity contribution is 6.42. The van der Waals surface area contributed by atoms with Crippen molar-refractivity contribution in [2.45, 2.75) is 32.2 Å². The summed E-state index contributed by atoms with van der Waals surface area (Å²) in [7, 11) is 4.63. The summed E-state index contributed by atoms with van der Waals surface area (Å²) in [6.07, 6.45) is 1.88. The van der Waals surface area contributed by atoms with E-state index in [4.69, 9.17) is 37.4 Å². The van der Waals surface area contributed by atoms with E-state index in [1.165, 1.54) is 0 Å². The van der Waals surface area contributed by atoms with Crippen LogP contribution in [-0.2, 0) is 11.2 Å². The third kappa shape index (κ3) is 5.46. The molecule has 7 heteroatoms. The normalized spacial score (nSPS) is 11.6. The van der Waals surface area contributed by atoms with Crippen molar-refractivity contribution in [3.63, 3.8) is 0 Å². The van der Waals surface area contributed by atoms with E-state index >= 15 is 0 Å². The first-order valence-electron chi connectivity index (χ1n) is 8.96. The molecule has 0 fully saturated rings. The smallest absolute Gasteiger partial charge is 0.224 e. The molecule has 5 nitrogen and oxygen atoms in total. The van der Waals surface area contributed by atoms with Crippen molar-refractivity contribution in [1.82, 2.24) is 5.32 Å². The highest BCUT2D eigenvalue weighted by Crippen LogP contribution is 2.38. The monoisotopic (exact) mass is 425 g/mol. The minimum absolute atomic E-state index is 0.112. The zero-order valence-corrected chi connectivity index (χ0v) is 18.0. The molecule has 0 heterocycles. The molecule has 2 aromatic rings. The van der Waals surface area contributed by atoms with Crippen LogP contribution in [0.5, 0.6) is 17.2 Å². The largest absolute Gasteiger partial charge is 0.493 e. The minimum Gasteiger partial charge on any atom is -0.493 e. The second-order valence-electron chi connectivity index (χ2n) is 6.29. The lowest BCUT2D eigenvalue weighted by atomic mass is 10.0. The van der Waals surface area contributed by atoms with Crippen molar-refractivity contribution in [1.29, 1.82) is 0 Å². The minimum atomic E-state index is -0.144. The van der Waals surface area contributed by atoms with Gasteiger partial charge in [-0.2, -0.15) is 0 Å². The van der Waals surface area contributed by atoms with Crippen LogP contribution in [0.4, 0.5) is 0 Å². The molecule has 152 valence electrons. The molecule has 0 aliphatic carbocycles. The Morgan fingerprint density at radius 1 is 1.00 bits per heavy atom. The van der Waals surface area contributed by atoms with Crippen molar-refractivity contribution in [3.8, 4) is 17.2 Å². The second-order valence-corrected chi connectivity index (χ2v) is 7.11. The van der Waals surface area contributed by atoms with E-state index in [9.17, 15) is 4.79 Å². The van der Waals surface area contributed by atoms with Crippen LogP contribution in [0.15, 0.2) is 30.3 Å². The summed E-state index contributed by atoms with van der Waals surface area (Å²) in [5.74, 6) is 1.41. The Balaban J connectivity index is 2.19. The highest BCUT2D eigenvalue weighted by Gasteiger charge is 2.18. The van der Waals surface area contributed by atoms with Gasteiger partial charge >= 0.3 is 0 Å². The molecule has 1 unspecified atom stereocenters. The lowest BCUT2D eigenvalue weighted by Gasteiger charge is -2.20. The van der Waals surface area contributed by atoms with Crippen molar-refractivity contribution in [3.05, 3.63) is 51.5 Å². The number of ether oxygens (including phenoxy) is 3. The van der Waals surface area contributed by atoms with Crippen molar-refractivity contribution in [2.24, 2.45) is 0 Å². The van der Waals surface area contributed by atoms with Gasteiger partial charge in [0, 0.05) is 0 Å². The number of methoxy groups -OCH3 is 3. The number of carbonyl (C=O) groups excluding carboxylic acids is 1. The van der Waals surface area contributed by atoms with Gasteiger partial charge in [0.05, 0.1) is 43.8 Å². The highest BCUT2D eigenvalue weighted by atomic mass is 35.5. The number of hydrogen-bond donors (Lipinski definition) is 1. The van der Waals surface area contributed by atoms with Crippen LogP contribution in [0.25, 0.3) is 0 Å². The molecule has 28 heavy (non-hydrogen) atoms. The van der Waals surface area contributed by atoms with Crippen LogP contribution in [0, 0.1) is 0 Å². The molecular weight excluding hydrogens is 401 g/mol. The lowest BCUT2D eigenvalue weighted by molar-refractivity contribution is -0.121. The van der Waals surface area contributed by atoms with Crippen LogP contribution < -0.4 is 19.5 Å². The number of benzene rings is 2. The first-order valence-corrected chi connectivity index (χ1v) is 9.72. The molecule has 0 spiro atoms. The van der Waals surface area contributed by atoms with Crippen molar-refractivity contribution >= 4 is 29.1 Å². The molecule has 0 aromatic heterocycles. The van der Waals surface area contributed by atoms with Gasteiger partial charge in [0.15, 0.2) is 11.5 Å². The van der Waals surface area contributed by atoms with Crippen molar-refractivity contribution in [2.75, 3.05) is 21.3 Å². The van der Waals surface area contributed by atoms with E-state index in [1.807, 2.05) is 6.07 Å². The zero-order valence-electron chi connectivity index (χ0n) is 16.5. The standard InChI is InChI=1S/C21H25Cl2NO4/c1-5-6-17(14-7-8-15(22)16(23)12-14)24-20(25)11-13-9-18(26-2)21(28-4)19(10-13)27-3/h7-10,12,17H,5-6,11H2,1-4H3,(H,24,25). The lowest BCUT2D eigenvalue weighted by Crippen LogP contribution is -2.29. The molecular formula is C21H25Cl2NO4. The van der Waals surface area contributed by atoms with E-state index in [2.05, 4.69) is 12.2 Å². The van der Waals surface area contributed by atoms with E-state index in [1.54, 1.807) is 45.6 Å². The molecule has 1 atom stereocenters. The van der Waals surface area contributed by atoms with Gasteiger partial charge in [-0.3, -0.25) is 4.79 Å². The number of carbonyl (C=O) groups is 1. The Morgan fingerprint density at radius 2 is 1.64 bits per heavy atom. The van der Waals surface area contributed by atoms with Gasteiger partial charge < -0.3 is 19.5 Å². The summed E-state index contributed by atoms with van der Waals surface area (Å²) in [6.45, 7) is 2.07. The number of halogens is 2. The summed E-state index contributed by atoms with van der Waals surface area (Å²) < 4.78 is 16.0. The third-order valence-corrected chi connectivity index (χ3v) is 5.09. The number of nitrogens with one attached hydrogen (secondary N) is 1. The maximum Gasteiger partial charge on any atom is 0.224 e. The quantitative estimate of drug-likeness (QED) is 0.598. The fourth-order valence-electron chi connectivity index (χ4n) is 3.01. The topological polar surface area (TPSA) is 56.8 Å². The molecule has 0 aliphatic rings. The predicted octanol–water partition coefficient (Wildman–Crippen LogP) is 5.22. The summed E-state index contributed by atoms with van der Waals surface area (Å²) in [4.78, 5) is 12.7. The summed E-state index contributed by atoms with van der Waals surface area (Å²) in [6, 6.07) is 8.82. The average molecular weight is 426 g/mol. The summed E-state index contributed by atoms with van der Waals surface area (Å²) in [5, 5.41) is 4.04.